The van der Waals surface area contributed by atoms with Gasteiger partial charge in [0.05, 0.1) is 23.3 Å². The van der Waals surface area contributed by atoms with Crippen molar-refractivity contribution in [1.82, 2.24) is 4.98 Å². The molecule has 0 radical (unpaired) electrons. The number of benzene rings is 3. The number of pyridine rings is 1. The van der Waals surface area contributed by atoms with Gasteiger partial charge < -0.3 is 14.8 Å². The number of nitrogens with one attached hydrogen (secondary N) is 1. The maximum atomic E-state index is 13.3. The van der Waals surface area contributed by atoms with E-state index in [-0.39, 0.29) is 11.6 Å². The first-order valence-electron chi connectivity index (χ1n) is 9.45. The van der Waals surface area contributed by atoms with Crippen LogP contribution in [0.3, 0.4) is 0 Å². The van der Waals surface area contributed by atoms with Crippen molar-refractivity contribution in [3.8, 4) is 22.8 Å². The standard InChI is InChI=1S/C24H18ClFN2O3/c1-30-17-9-6-15(7-10-17)22-13-23(18-4-2-3-5-21(18)28-22)31-14-24(29)27-16-8-11-20(26)19(25)12-16/h2-13H,14H2,1H3,(H,27,29). The molecule has 0 aliphatic carbocycles. The van der Waals surface area contributed by atoms with Crippen LogP contribution in [-0.4, -0.2) is 24.6 Å². The first kappa shape index (κ1) is 20.6. The van der Waals surface area contributed by atoms with Crippen molar-refractivity contribution in [1.29, 1.82) is 0 Å². The smallest absolute Gasteiger partial charge is 0.262 e. The summed E-state index contributed by atoms with van der Waals surface area (Å²) in [5.41, 5.74) is 2.74. The molecule has 0 bridgehead atoms. The minimum atomic E-state index is -0.551. The van der Waals surface area contributed by atoms with E-state index < -0.39 is 11.7 Å². The van der Waals surface area contributed by atoms with Gasteiger partial charge in [0.25, 0.3) is 5.91 Å². The van der Waals surface area contributed by atoms with Gasteiger partial charge in [0.2, 0.25) is 0 Å². The Morgan fingerprint density at radius 3 is 2.58 bits per heavy atom. The van der Waals surface area contributed by atoms with Crippen molar-refractivity contribution in [2.75, 3.05) is 19.0 Å². The zero-order chi connectivity index (χ0) is 21.8. The lowest BCUT2D eigenvalue weighted by Gasteiger charge is -2.12. The number of ether oxygens (including phenoxy) is 2. The SMILES string of the molecule is COc1ccc(-c2cc(OCC(=O)Nc3ccc(F)c(Cl)c3)c3ccccc3n2)cc1. The topological polar surface area (TPSA) is 60.5 Å². The van der Waals surface area contributed by atoms with Crippen LogP contribution in [-0.2, 0) is 4.79 Å². The average molecular weight is 437 g/mol. The molecule has 7 heteroatoms. The molecule has 4 rings (SSSR count). The van der Waals surface area contributed by atoms with Gasteiger partial charge >= 0.3 is 0 Å². The molecule has 5 nitrogen and oxygen atoms in total. The second kappa shape index (κ2) is 9.02. The third-order valence-corrected chi connectivity index (χ3v) is 4.92. The van der Waals surface area contributed by atoms with Crippen molar-refractivity contribution in [2.24, 2.45) is 0 Å². The summed E-state index contributed by atoms with van der Waals surface area (Å²) >= 11 is 5.76. The molecule has 0 aliphatic rings. The van der Waals surface area contributed by atoms with Gasteiger partial charge in [-0.3, -0.25) is 4.79 Å². The third-order valence-electron chi connectivity index (χ3n) is 4.63. The number of amides is 1. The largest absolute Gasteiger partial charge is 0.497 e. The number of nitrogens with zero attached hydrogens (tertiary/aromatic N) is 1. The Kier molecular flexibility index (Phi) is 6.00. The molecule has 0 saturated heterocycles. The van der Waals surface area contributed by atoms with Crippen LogP contribution < -0.4 is 14.8 Å². The fourth-order valence-electron chi connectivity index (χ4n) is 3.09. The Balaban J connectivity index is 1.57. The lowest BCUT2D eigenvalue weighted by molar-refractivity contribution is -0.118. The van der Waals surface area contributed by atoms with Crippen LogP contribution in [0.5, 0.6) is 11.5 Å². The average Bonchev–Trinajstić information content (AvgIpc) is 2.80. The van der Waals surface area contributed by atoms with Crippen molar-refractivity contribution in [3.05, 3.63) is 83.6 Å². The van der Waals surface area contributed by atoms with Crippen LogP contribution >= 0.6 is 11.6 Å². The summed E-state index contributed by atoms with van der Waals surface area (Å²) in [6.07, 6.45) is 0. The number of hydrogen-bond donors (Lipinski definition) is 1. The van der Waals surface area contributed by atoms with Crippen LogP contribution in [0.2, 0.25) is 5.02 Å². The number of aromatic nitrogens is 1. The summed E-state index contributed by atoms with van der Waals surface area (Å²) in [7, 11) is 1.61. The number of anilines is 1. The van der Waals surface area contributed by atoms with E-state index in [1.165, 1.54) is 18.2 Å². The highest BCUT2D eigenvalue weighted by Crippen LogP contribution is 2.31. The van der Waals surface area contributed by atoms with E-state index in [2.05, 4.69) is 5.32 Å². The highest BCUT2D eigenvalue weighted by atomic mass is 35.5. The molecule has 1 amide bonds. The quantitative estimate of drug-likeness (QED) is 0.420. The Hall–Kier alpha value is -3.64. The van der Waals surface area contributed by atoms with Crippen molar-refractivity contribution in [2.45, 2.75) is 0 Å². The first-order chi connectivity index (χ1) is 15.0. The van der Waals surface area contributed by atoms with Gasteiger partial charge in [-0.1, -0.05) is 23.7 Å². The number of halogens is 2. The third kappa shape index (κ3) is 4.75. The molecule has 1 heterocycles. The van der Waals surface area contributed by atoms with Gasteiger partial charge in [0.15, 0.2) is 6.61 Å². The van der Waals surface area contributed by atoms with Crippen molar-refractivity contribution < 1.29 is 18.7 Å². The van der Waals surface area contributed by atoms with Gasteiger partial charge in [-0.15, -0.1) is 0 Å². The number of rotatable bonds is 6. The Morgan fingerprint density at radius 1 is 1.06 bits per heavy atom. The van der Waals surface area contributed by atoms with Crippen LogP contribution in [0.1, 0.15) is 0 Å². The molecule has 31 heavy (non-hydrogen) atoms. The van der Waals surface area contributed by atoms with Gasteiger partial charge in [-0.05, 0) is 54.6 Å². The summed E-state index contributed by atoms with van der Waals surface area (Å²) in [5, 5.41) is 3.37. The number of fused-ring (bicyclic) bond motifs is 1. The van der Waals surface area contributed by atoms with E-state index in [0.717, 1.165) is 22.2 Å². The Bertz CT molecular complexity index is 1250. The van der Waals surface area contributed by atoms with Crippen LogP contribution in [0.4, 0.5) is 10.1 Å². The second-order valence-electron chi connectivity index (χ2n) is 6.72. The highest BCUT2D eigenvalue weighted by molar-refractivity contribution is 6.31. The maximum absolute atomic E-state index is 13.3. The van der Waals surface area contributed by atoms with Crippen LogP contribution in [0.25, 0.3) is 22.2 Å². The predicted molar refractivity (Wildman–Crippen MR) is 119 cm³/mol. The monoisotopic (exact) mass is 436 g/mol. The summed E-state index contributed by atoms with van der Waals surface area (Å²) in [6, 6.07) is 20.8. The van der Waals surface area contributed by atoms with Crippen LogP contribution in [0.15, 0.2) is 72.8 Å². The summed E-state index contributed by atoms with van der Waals surface area (Å²) in [5.74, 6) is 0.335. The molecular weight excluding hydrogens is 419 g/mol. The number of hydrogen-bond acceptors (Lipinski definition) is 4. The van der Waals surface area contributed by atoms with E-state index in [1.807, 2.05) is 48.5 Å². The first-order valence-corrected chi connectivity index (χ1v) is 9.83. The highest BCUT2D eigenvalue weighted by Gasteiger charge is 2.11. The summed E-state index contributed by atoms with van der Waals surface area (Å²) in [4.78, 5) is 17.0. The number of para-hydroxylation sites is 1. The minimum absolute atomic E-state index is 0.0667. The van der Waals surface area contributed by atoms with Crippen molar-refractivity contribution in [3.63, 3.8) is 0 Å². The maximum Gasteiger partial charge on any atom is 0.262 e. The fraction of sp³-hybridized carbons (Fsp3) is 0.0833. The van der Waals surface area contributed by atoms with E-state index in [1.54, 1.807) is 13.2 Å². The molecule has 3 aromatic carbocycles. The fourth-order valence-corrected chi connectivity index (χ4v) is 3.27. The van der Waals surface area contributed by atoms with Gasteiger partial charge in [-0.2, -0.15) is 0 Å². The van der Waals surface area contributed by atoms with E-state index >= 15 is 0 Å². The number of methoxy groups -OCH3 is 1. The lowest BCUT2D eigenvalue weighted by Crippen LogP contribution is -2.20. The predicted octanol–water partition coefficient (Wildman–Crippen LogP) is 5.72. The molecule has 0 spiro atoms. The molecule has 4 aromatic rings. The molecule has 0 atom stereocenters. The van der Waals surface area contributed by atoms with Gasteiger partial charge in [0, 0.05) is 22.7 Å². The second-order valence-corrected chi connectivity index (χ2v) is 7.12. The minimum Gasteiger partial charge on any atom is -0.497 e. The summed E-state index contributed by atoms with van der Waals surface area (Å²) in [6.45, 7) is -0.231. The molecular formula is C24H18ClFN2O3. The molecule has 1 aromatic heterocycles. The van der Waals surface area contributed by atoms with Gasteiger partial charge in [0.1, 0.15) is 17.3 Å². The van der Waals surface area contributed by atoms with Gasteiger partial charge in [-0.25, -0.2) is 9.37 Å². The Morgan fingerprint density at radius 2 is 1.84 bits per heavy atom. The molecule has 0 aliphatic heterocycles. The molecule has 1 N–H and O–H groups in total. The Labute approximate surface area is 183 Å². The van der Waals surface area contributed by atoms with E-state index in [9.17, 15) is 9.18 Å². The number of carbonyl (C=O) groups is 1. The van der Waals surface area contributed by atoms with Crippen LogP contribution in [0, 0.1) is 5.82 Å². The van der Waals surface area contributed by atoms with E-state index in [4.69, 9.17) is 26.1 Å². The van der Waals surface area contributed by atoms with E-state index in [0.29, 0.717) is 17.1 Å². The number of carbonyl (C=O) groups excluding carboxylic acids is 1. The molecule has 0 fully saturated rings. The molecule has 0 unspecified atom stereocenters. The zero-order valence-electron chi connectivity index (χ0n) is 16.6. The van der Waals surface area contributed by atoms with Crippen molar-refractivity contribution >= 4 is 34.1 Å². The summed E-state index contributed by atoms with van der Waals surface area (Å²) < 4.78 is 24.3. The molecule has 0 saturated carbocycles. The normalized spacial score (nSPS) is 10.7. The molecule has 156 valence electrons. The zero-order valence-corrected chi connectivity index (χ0v) is 17.3. The lowest BCUT2D eigenvalue weighted by atomic mass is 10.1.